The van der Waals surface area contributed by atoms with E-state index in [-0.39, 0.29) is 5.91 Å². The highest BCUT2D eigenvalue weighted by atomic mass is 35.5. The standard InChI is InChI=1S/C18H17ClN4O2/c19-12-3-1-11(2-4-12)15-6-5-13(25-15)9-21-18(24)17-16-14(7-8-20-17)22-10-23-16/h1-6,10,17,20H,7-9H2,(H,21,24)(H,22,23)/t17-/m0/s1. The van der Waals surface area contributed by atoms with E-state index in [2.05, 4.69) is 20.6 Å². The second-order valence-electron chi connectivity index (χ2n) is 5.89. The number of fused-ring (bicyclic) bond motifs is 1. The fourth-order valence-electron chi connectivity index (χ4n) is 2.95. The molecule has 3 heterocycles. The minimum atomic E-state index is -0.430. The highest BCUT2D eigenvalue weighted by Crippen LogP contribution is 2.24. The van der Waals surface area contributed by atoms with Crippen molar-refractivity contribution in [2.24, 2.45) is 0 Å². The first-order valence-corrected chi connectivity index (χ1v) is 8.46. The smallest absolute Gasteiger partial charge is 0.243 e. The summed E-state index contributed by atoms with van der Waals surface area (Å²) in [5, 5.41) is 6.78. The molecule has 7 heteroatoms. The molecule has 1 aromatic carbocycles. The molecule has 3 aromatic rings. The van der Waals surface area contributed by atoms with Crippen LogP contribution in [0.3, 0.4) is 0 Å². The first-order chi connectivity index (χ1) is 12.2. The fourth-order valence-corrected chi connectivity index (χ4v) is 3.08. The molecule has 0 spiro atoms. The molecule has 128 valence electrons. The van der Waals surface area contributed by atoms with Crippen LogP contribution in [0.2, 0.25) is 5.02 Å². The number of aromatic amines is 1. The van der Waals surface area contributed by atoms with Gasteiger partial charge in [0.25, 0.3) is 0 Å². The first-order valence-electron chi connectivity index (χ1n) is 8.08. The van der Waals surface area contributed by atoms with Gasteiger partial charge in [0, 0.05) is 29.2 Å². The molecule has 25 heavy (non-hydrogen) atoms. The molecule has 0 radical (unpaired) electrons. The predicted octanol–water partition coefficient (Wildman–Crippen LogP) is 2.83. The summed E-state index contributed by atoms with van der Waals surface area (Å²) in [7, 11) is 0. The van der Waals surface area contributed by atoms with Crippen molar-refractivity contribution in [2.45, 2.75) is 19.0 Å². The van der Waals surface area contributed by atoms with Crippen LogP contribution >= 0.6 is 11.6 Å². The molecule has 0 saturated heterocycles. The third-order valence-corrected chi connectivity index (χ3v) is 4.49. The Kier molecular flexibility index (Phi) is 4.29. The zero-order valence-electron chi connectivity index (χ0n) is 13.4. The second-order valence-corrected chi connectivity index (χ2v) is 6.33. The number of aromatic nitrogens is 2. The molecule has 0 aliphatic carbocycles. The van der Waals surface area contributed by atoms with Gasteiger partial charge in [0.05, 0.1) is 18.6 Å². The number of amides is 1. The average molecular weight is 357 g/mol. The molecule has 0 bridgehead atoms. The maximum absolute atomic E-state index is 12.5. The Morgan fingerprint density at radius 3 is 2.96 bits per heavy atom. The zero-order valence-corrected chi connectivity index (χ0v) is 14.1. The highest BCUT2D eigenvalue weighted by molar-refractivity contribution is 6.30. The summed E-state index contributed by atoms with van der Waals surface area (Å²) >= 11 is 5.90. The van der Waals surface area contributed by atoms with Crippen molar-refractivity contribution in [3.8, 4) is 11.3 Å². The van der Waals surface area contributed by atoms with Crippen LogP contribution in [0.5, 0.6) is 0 Å². The number of carbonyl (C=O) groups excluding carboxylic acids is 1. The van der Waals surface area contributed by atoms with Crippen LogP contribution < -0.4 is 10.6 Å². The molecule has 1 aliphatic heterocycles. The summed E-state index contributed by atoms with van der Waals surface area (Å²) in [5.41, 5.74) is 2.73. The summed E-state index contributed by atoms with van der Waals surface area (Å²) in [5.74, 6) is 1.32. The predicted molar refractivity (Wildman–Crippen MR) is 94.0 cm³/mol. The van der Waals surface area contributed by atoms with E-state index in [0.717, 1.165) is 35.7 Å². The molecule has 1 aliphatic rings. The van der Waals surface area contributed by atoms with Gasteiger partial charge < -0.3 is 20.0 Å². The van der Waals surface area contributed by atoms with Crippen molar-refractivity contribution in [1.29, 1.82) is 0 Å². The van der Waals surface area contributed by atoms with Crippen LogP contribution in [0.1, 0.15) is 23.2 Å². The van der Waals surface area contributed by atoms with E-state index in [1.807, 2.05) is 36.4 Å². The van der Waals surface area contributed by atoms with Gasteiger partial charge in [-0.15, -0.1) is 0 Å². The number of imidazole rings is 1. The summed E-state index contributed by atoms with van der Waals surface area (Å²) in [6.45, 7) is 1.07. The van der Waals surface area contributed by atoms with Gasteiger partial charge in [-0.2, -0.15) is 0 Å². The number of hydrogen-bond acceptors (Lipinski definition) is 4. The second kappa shape index (κ2) is 6.74. The monoisotopic (exact) mass is 356 g/mol. The van der Waals surface area contributed by atoms with E-state index in [0.29, 0.717) is 17.3 Å². The molecule has 0 unspecified atom stereocenters. The lowest BCUT2D eigenvalue weighted by Crippen LogP contribution is -2.41. The number of nitrogens with one attached hydrogen (secondary N) is 3. The van der Waals surface area contributed by atoms with Crippen molar-refractivity contribution in [3.63, 3.8) is 0 Å². The van der Waals surface area contributed by atoms with Gasteiger partial charge in [-0.25, -0.2) is 4.98 Å². The van der Waals surface area contributed by atoms with Crippen LogP contribution in [0, 0.1) is 0 Å². The molecule has 6 nitrogen and oxygen atoms in total. The molecular formula is C18H17ClN4O2. The number of hydrogen-bond donors (Lipinski definition) is 3. The quantitative estimate of drug-likeness (QED) is 0.671. The summed E-state index contributed by atoms with van der Waals surface area (Å²) < 4.78 is 5.80. The summed E-state index contributed by atoms with van der Waals surface area (Å²) in [6.07, 6.45) is 2.48. The third kappa shape index (κ3) is 3.31. The Bertz CT molecular complexity index is 885. The molecule has 3 N–H and O–H groups in total. The van der Waals surface area contributed by atoms with E-state index >= 15 is 0 Å². The van der Waals surface area contributed by atoms with Crippen LogP contribution in [0.4, 0.5) is 0 Å². The highest BCUT2D eigenvalue weighted by Gasteiger charge is 2.28. The SMILES string of the molecule is O=C(NCc1ccc(-c2ccc(Cl)cc2)o1)[C@H]1NCCc2[nH]cnc21. The van der Waals surface area contributed by atoms with Crippen molar-refractivity contribution in [3.05, 3.63) is 64.9 Å². The number of carbonyl (C=O) groups is 1. The van der Waals surface area contributed by atoms with Crippen molar-refractivity contribution in [2.75, 3.05) is 6.54 Å². The molecule has 1 atom stereocenters. The number of furan rings is 1. The largest absolute Gasteiger partial charge is 0.459 e. The molecule has 0 saturated carbocycles. The summed E-state index contributed by atoms with van der Waals surface area (Å²) in [6, 6.07) is 10.7. The minimum absolute atomic E-state index is 0.113. The van der Waals surface area contributed by atoms with Crippen LogP contribution in [0.15, 0.2) is 47.1 Å². The maximum Gasteiger partial charge on any atom is 0.243 e. The molecule has 1 amide bonds. The number of nitrogens with zero attached hydrogens (tertiary/aromatic N) is 1. The Hall–Kier alpha value is -2.57. The van der Waals surface area contributed by atoms with E-state index in [1.165, 1.54) is 0 Å². The third-order valence-electron chi connectivity index (χ3n) is 4.24. The van der Waals surface area contributed by atoms with Crippen molar-refractivity contribution in [1.82, 2.24) is 20.6 Å². The Balaban J connectivity index is 1.41. The Labute approximate surface area is 149 Å². The number of rotatable bonds is 4. The number of benzene rings is 1. The Morgan fingerprint density at radius 2 is 2.12 bits per heavy atom. The van der Waals surface area contributed by atoms with E-state index < -0.39 is 6.04 Å². The van der Waals surface area contributed by atoms with Crippen molar-refractivity contribution >= 4 is 17.5 Å². The first kappa shape index (κ1) is 15.9. The van der Waals surface area contributed by atoms with Gasteiger partial charge in [-0.3, -0.25) is 4.79 Å². The van der Waals surface area contributed by atoms with Gasteiger partial charge in [-0.05, 0) is 36.4 Å². The van der Waals surface area contributed by atoms with Gasteiger partial charge in [0.1, 0.15) is 17.6 Å². The van der Waals surface area contributed by atoms with Gasteiger partial charge in [0.15, 0.2) is 0 Å². The zero-order chi connectivity index (χ0) is 17.2. The summed E-state index contributed by atoms with van der Waals surface area (Å²) in [4.78, 5) is 19.8. The lowest BCUT2D eigenvalue weighted by Gasteiger charge is -2.21. The Morgan fingerprint density at radius 1 is 1.28 bits per heavy atom. The molecule has 0 fully saturated rings. The van der Waals surface area contributed by atoms with E-state index in [4.69, 9.17) is 16.0 Å². The van der Waals surface area contributed by atoms with Gasteiger partial charge >= 0.3 is 0 Å². The lowest BCUT2D eigenvalue weighted by molar-refractivity contribution is -0.123. The maximum atomic E-state index is 12.5. The number of H-pyrrole nitrogens is 1. The van der Waals surface area contributed by atoms with Gasteiger partial charge in [-0.1, -0.05) is 11.6 Å². The van der Waals surface area contributed by atoms with Crippen LogP contribution in [-0.4, -0.2) is 22.4 Å². The van der Waals surface area contributed by atoms with Gasteiger partial charge in [0.2, 0.25) is 5.91 Å². The molecule has 2 aromatic heterocycles. The minimum Gasteiger partial charge on any atom is -0.459 e. The average Bonchev–Trinajstić information content (AvgIpc) is 3.29. The lowest BCUT2D eigenvalue weighted by atomic mass is 10.1. The fraction of sp³-hybridized carbons (Fsp3) is 0.222. The van der Waals surface area contributed by atoms with E-state index in [1.54, 1.807) is 6.33 Å². The molecule has 4 rings (SSSR count). The topological polar surface area (TPSA) is 83.0 Å². The van der Waals surface area contributed by atoms with Crippen molar-refractivity contribution < 1.29 is 9.21 Å². The number of halogens is 1. The molecular weight excluding hydrogens is 340 g/mol. The normalized spacial score (nSPS) is 16.4. The van der Waals surface area contributed by atoms with Crippen LogP contribution in [-0.2, 0) is 17.8 Å². The van der Waals surface area contributed by atoms with Crippen LogP contribution in [0.25, 0.3) is 11.3 Å². The van der Waals surface area contributed by atoms with E-state index in [9.17, 15) is 4.79 Å².